The van der Waals surface area contributed by atoms with Crippen LogP contribution in [0.25, 0.3) is 6.08 Å². The fourth-order valence-electron chi connectivity index (χ4n) is 3.01. The van der Waals surface area contributed by atoms with Crippen LogP contribution in [0.3, 0.4) is 0 Å². The molecule has 158 valence electrons. The average molecular weight is 418 g/mol. The zero-order valence-corrected chi connectivity index (χ0v) is 16.2. The van der Waals surface area contributed by atoms with E-state index in [1.807, 2.05) is 0 Å². The normalized spacial score (nSPS) is 14.3. The second-order valence-electron chi connectivity index (χ2n) is 6.30. The van der Waals surface area contributed by atoms with Gasteiger partial charge in [-0.1, -0.05) is 12.1 Å². The first-order valence-corrected chi connectivity index (χ1v) is 9.13. The summed E-state index contributed by atoms with van der Waals surface area (Å²) in [7, 11) is 1.34. The van der Waals surface area contributed by atoms with Crippen LogP contribution in [0.1, 0.15) is 16.1 Å². The Kier molecular flexibility index (Phi) is 6.89. The Balaban J connectivity index is 1.62. The summed E-state index contributed by atoms with van der Waals surface area (Å²) in [5.74, 6) is -0.539. The number of carbonyl (C=O) groups is 2. The average Bonchev–Trinajstić information content (AvgIpc) is 2.78. The molecule has 2 heterocycles. The molecule has 10 heteroatoms. The third-order valence-electron chi connectivity index (χ3n) is 4.50. The topological polar surface area (TPSA) is 84.9 Å². The van der Waals surface area contributed by atoms with Gasteiger partial charge in [-0.3, -0.25) is 14.6 Å². The number of amides is 2. The maximum Gasteiger partial charge on any atom is 0.387 e. The van der Waals surface area contributed by atoms with Crippen LogP contribution >= 0.6 is 0 Å². The summed E-state index contributed by atoms with van der Waals surface area (Å²) in [4.78, 5) is 35.9. The fourth-order valence-corrected chi connectivity index (χ4v) is 3.01. The van der Waals surface area contributed by atoms with Crippen LogP contribution in [0.15, 0.2) is 42.9 Å². The highest BCUT2D eigenvalue weighted by atomic mass is 19.3. The van der Waals surface area contributed by atoms with Gasteiger partial charge in [0.25, 0.3) is 5.91 Å². The summed E-state index contributed by atoms with van der Waals surface area (Å²) in [6.45, 7) is -1.63. The van der Waals surface area contributed by atoms with Crippen LogP contribution < -0.4 is 9.47 Å². The van der Waals surface area contributed by atoms with Crippen LogP contribution in [0.4, 0.5) is 8.78 Å². The van der Waals surface area contributed by atoms with E-state index < -0.39 is 6.61 Å². The van der Waals surface area contributed by atoms with Gasteiger partial charge >= 0.3 is 6.61 Å². The first-order valence-electron chi connectivity index (χ1n) is 9.13. The van der Waals surface area contributed by atoms with Crippen molar-refractivity contribution in [1.29, 1.82) is 0 Å². The van der Waals surface area contributed by atoms with Gasteiger partial charge < -0.3 is 19.3 Å². The van der Waals surface area contributed by atoms with Gasteiger partial charge in [-0.25, -0.2) is 4.98 Å². The Morgan fingerprint density at radius 1 is 1.13 bits per heavy atom. The molecule has 3 rings (SSSR count). The van der Waals surface area contributed by atoms with Gasteiger partial charge in [0.1, 0.15) is 5.69 Å². The minimum atomic E-state index is -3.02. The van der Waals surface area contributed by atoms with E-state index in [-0.39, 0.29) is 29.0 Å². The maximum atomic E-state index is 12.7. The van der Waals surface area contributed by atoms with Crippen molar-refractivity contribution in [2.24, 2.45) is 0 Å². The minimum absolute atomic E-state index is 0.140. The van der Waals surface area contributed by atoms with Crippen molar-refractivity contribution in [3.63, 3.8) is 0 Å². The predicted molar refractivity (Wildman–Crippen MR) is 103 cm³/mol. The molecule has 0 atom stereocenters. The molecule has 8 nitrogen and oxygen atoms in total. The van der Waals surface area contributed by atoms with E-state index >= 15 is 0 Å². The van der Waals surface area contributed by atoms with Gasteiger partial charge in [0.2, 0.25) is 5.91 Å². The Bertz CT molecular complexity index is 916. The van der Waals surface area contributed by atoms with Crippen LogP contribution in [0, 0.1) is 0 Å². The van der Waals surface area contributed by atoms with Gasteiger partial charge in [0, 0.05) is 50.2 Å². The molecular formula is C20H20F2N4O4. The third-order valence-corrected chi connectivity index (χ3v) is 4.50. The van der Waals surface area contributed by atoms with E-state index in [2.05, 4.69) is 14.7 Å². The molecule has 0 radical (unpaired) electrons. The third kappa shape index (κ3) is 5.07. The van der Waals surface area contributed by atoms with Crippen molar-refractivity contribution in [2.75, 3.05) is 33.3 Å². The monoisotopic (exact) mass is 418 g/mol. The van der Waals surface area contributed by atoms with Crippen molar-refractivity contribution in [2.45, 2.75) is 6.61 Å². The number of benzene rings is 1. The van der Waals surface area contributed by atoms with Gasteiger partial charge in [-0.15, -0.1) is 0 Å². The Hall–Kier alpha value is -3.56. The summed E-state index contributed by atoms with van der Waals surface area (Å²) in [6.07, 6.45) is 7.02. The summed E-state index contributed by atoms with van der Waals surface area (Å²) < 4.78 is 35.0. The fraction of sp³-hybridized carbons (Fsp3) is 0.300. The zero-order chi connectivity index (χ0) is 21.5. The van der Waals surface area contributed by atoms with Crippen molar-refractivity contribution >= 4 is 17.9 Å². The Morgan fingerprint density at radius 3 is 2.50 bits per heavy atom. The van der Waals surface area contributed by atoms with E-state index in [4.69, 9.17) is 4.74 Å². The quantitative estimate of drug-likeness (QED) is 0.668. The molecule has 1 aliphatic heterocycles. The Labute approximate surface area is 171 Å². The molecular weight excluding hydrogens is 398 g/mol. The molecule has 0 bridgehead atoms. The number of ether oxygens (including phenoxy) is 2. The van der Waals surface area contributed by atoms with E-state index in [0.717, 1.165) is 0 Å². The van der Waals surface area contributed by atoms with Gasteiger partial charge in [0.15, 0.2) is 11.5 Å². The number of halogens is 2. The number of hydrogen-bond acceptors (Lipinski definition) is 6. The van der Waals surface area contributed by atoms with Gasteiger partial charge in [-0.05, 0) is 12.1 Å². The van der Waals surface area contributed by atoms with Crippen LogP contribution in [0.2, 0.25) is 0 Å². The summed E-state index contributed by atoms with van der Waals surface area (Å²) in [6, 6.07) is 4.64. The maximum absolute atomic E-state index is 12.7. The lowest BCUT2D eigenvalue weighted by Gasteiger charge is -2.34. The number of alkyl halides is 2. The summed E-state index contributed by atoms with van der Waals surface area (Å²) in [5, 5.41) is 0. The van der Waals surface area contributed by atoms with Gasteiger partial charge in [0.05, 0.1) is 13.3 Å². The lowest BCUT2D eigenvalue weighted by atomic mass is 10.1. The second kappa shape index (κ2) is 9.77. The number of para-hydroxylation sites is 1. The summed E-state index contributed by atoms with van der Waals surface area (Å²) in [5.41, 5.74) is 0.543. The number of nitrogens with zero attached hydrogens (tertiary/aromatic N) is 4. The number of piperazine rings is 1. The van der Waals surface area contributed by atoms with Crippen LogP contribution in [0.5, 0.6) is 11.5 Å². The molecule has 0 N–H and O–H groups in total. The number of rotatable bonds is 6. The molecule has 1 aromatic carbocycles. The molecule has 1 aromatic heterocycles. The van der Waals surface area contributed by atoms with Crippen molar-refractivity contribution in [1.82, 2.24) is 19.8 Å². The highest BCUT2D eigenvalue weighted by Crippen LogP contribution is 2.33. The van der Waals surface area contributed by atoms with E-state index in [0.29, 0.717) is 31.7 Å². The lowest BCUT2D eigenvalue weighted by molar-refractivity contribution is -0.127. The lowest BCUT2D eigenvalue weighted by Crippen LogP contribution is -2.50. The van der Waals surface area contributed by atoms with E-state index in [1.165, 1.54) is 43.9 Å². The Morgan fingerprint density at radius 2 is 1.87 bits per heavy atom. The van der Waals surface area contributed by atoms with Gasteiger partial charge in [-0.2, -0.15) is 8.78 Å². The highest BCUT2D eigenvalue weighted by molar-refractivity contribution is 5.94. The van der Waals surface area contributed by atoms with E-state index in [1.54, 1.807) is 21.9 Å². The second-order valence-corrected chi connectivity index (χ2v) is 6.30. The highest BCUT2D eigenvalue weighted by Gasteiger charge is 2.24. The summed E-state index contributed by atoms with van der Waals surface area (Å²) >= 11 is 0. The molecule has 1 fully saturated rings. The molecule has 1 aliphatic rings. The first kappa shape index (κ1) is 21.2. The minimum Gasteiger partial charge on any atom is -0.493 e. The first-order chi connectivity index (χ1) is 14.5. The van der Waals surface area contributed by atoms with Crippen molar-refractivity contribution in [3.8, 4) is 11.5 Å². The number of carbonyl (C=O) groups excluding carboxylic acids is 2. The van der Waals surface area contributed by atoms with Crippen LogP contribution in [-0.2, 0) is 4.79 Å². The van der Waals surface area contributed by atoms with Crippen LogP contribution in [-0.4, -0.2) is 71.5 Å². The predicted octanol–water partition coefficient (Wildman–Crippen LogP) is 2.08. The number of hydrogen-bond donors (Lipinski definition) is 0. The molecule has 2 amide bonds. The SMILES string of the molecule is COc1cccc(/C=C/C(=O)N2CCN(C(=O)c3cnccn3)CC2)c1OC(F)F. The molecule has 30 heavy (non-hydrogen) atoms. The molecule has 2 aromatic rings. The molecule has 0 spiro atoms. The van der Waals surface area contributed by atoms with Crippen molar-refractivity contribution < 1.29 is 27.8 Å². The molecule has 0 unspecified atom stereocenters. The largest absolute Gasteiger partial charge is 0.493 e. The zero-order valence-electron chi connectivity index (χ0n) is 16.2. The smallest absolute Gasteiger partial charge is 0.387 e. The standard InChI is InChI=1S/C20H20F2N4O4/c1-29-16-4-2-3-14(18(16)30-20(21)22)5-6-17(27)25-9-11-26(12-10-25)19(28)15-13-23-7-8-24-15/h2-8,13,20H,9-12H2,1H3/b6-5+. The van der Waals surface area contributed by atoms with Crippen molar-refractivity contribution in [3.05, 3.63) is 54.1 Å². The molecule has 0 aliphatic carbocycles. The van der Waals surface area contributed by atoms with E-state index in [9.17, 15) is 18.4 Å². The molecule has 0 saturated carbocycles. The number of aromatic nitrogens is 2. The number of methoxy groups -OCH3 is 1. The molecule has 1 saturated heterocycles.